The summed E-state index contributed by atoms with van der Waals surface area (Å²) >= 11 is 6.32. The number of amides is 1. The van der Waals surface area contributed by atoms with Crippen LogP contribution in [0.25, 0.3) is 0 Å². The van der Waals surface area contributed by atoms with Crippen molar-refractivity contribution in [1.29, 1.82) is 0 Å². The molecular weight excluding hydrogens is 535 g/mol. The molecular formula is C28H23ClF3N3O4. The summed E-state index contributed by atoms with van der Waals surface area (Å²) in [5, 5.41) is 24.9. The largest absolute Gasteiger partial charge is 0.505 e. The van der Waals surface area contributed by atoms with Crippen molar-refractivity contribution in [3.8, 4) is 5.75 Å². The molecule has 3 N–H and O–H groups in total. The zero-order valence-corrected chi connectivity index (χ0v) is 21.2. The average molecular weight is 558 g/mol. The maximum absolute atomic E-state index is 13.5. The van der Waals surface area contributed by atoms with Crippen LogP contribution in [0, 0.1) is 0 Å². The minimum absolute atomic E-state index is 0.0558. The topological polar surface area (TPSA) is 102 Å². The molecule has 3 aromatic carbocycles. The zero-order chi connectivity index (χ0) is 27.9. The first-order valence-electron chi connectivity index (χ1n) is 12.3. The molecule has 0 aromatic heterocycles. The lowest BCUT2D eigenvalue weighted by Gasteiger charge is -2.23. The van der Waals surface area contributed by atoms with Gasteiger partial charge in [0.25, 0.3) is 5.91 Å². The Morgan fingerprint density at radius 2 is 1.79 bits per heavy atom. The first kappa shape index (κ1) is 26.6. The van der Waals surface area contributed by atoms with Gasteiger partial charge in [0, 0.05) is 16.1 Å². The number of benzene rings is 3. The quantitative estimate of drug-likeness (QED) is 0.225. The van der Waals surface area contributed by atoms with E-state index in [-0.39, 0.29) is 45.6 Å². The minimum atomic E-state index is -4.67. The van der Waals surface area contributed by atoms with E-state index in [4.69, 9.17) is 11.6 Å². The van der Waals surface area contributed by atoms with Crippen LogP contribution in [0.3, 0.4) is 0 Å². The lowest BCUT2D eigenvalue weighted by atomic mass is 9.83. The number of nitrogens with zero attached hydrogens (tertiary/aromatic N) is 2. The lowest BCUT2D eigenvalue weighted by molar-refractivity contribution is -0.137. The highest BCUT2D eigenvalue weighted by atomic mass is 35.5. The molecule has 0 unspecified atom stereocenters. The number of rotatable bonds is 5. The zero-order valence-electron chi connectivity index (χ0n) is 20.4. The number of carbonyl (C=O) groups is 2. The molecule has 0 saturated heterocycles. The van der Waals surface area contributed by atoms with E-state index >= 15 is 0 Å². The molecule has 0 spiro atoms. The van der Waals surface area contributed by atoms with Crippen LogP contribution >= 0.6 is 11.6 Å². The van der Waals surface area contributed by atoms with Gasteiger partial charge in [-0.15, -0.1) is 0 Å². The van der Waals surface area contributed by atoms with Crippen LogP contribution in [-0.2, 0) is 11.0 Å². The fraction of sp³-hybridized carbons (Fsp3) is 0.250. The highest BCUT2D eigenvalue weighted by Gasteiger charge is 2.39. The lowest BCUT2D eigenvalue weighted by Crippen LogP contribution is -2.26. The van der Waals surface area contributed by atoms with E-state index in [1.54, 1.807) is 6.07 Å². The number of phenolic OH excluding ortho intramolecular Hbond substituents is 1. The van der Waals surface area contributed by atoms with Crippen LogP contribution in [0.15, 0.2) is 59.7 Å². The van der Waals surface area contributed by atoms with E-state index in [2.05, 4.69) is 10.5 Å². The first-order chi connectivity index (χ1) is 18.5. The molecule has 202 valence electrons. The average Bonchev–Trinajstić information content (AvgIpc) is 3.19. The number of hydrazone groups is 1. The number of carboxylic acids is 1. The number of aromatic carboxylic acids is 1. The maximum atomic E-state index is 13.5. The van der Waals surface area contributed by atoms with Gasteiger partial charge in [0.1, 0.15) is 5.75 Å². The van der Waals surface area contributed by atoms with Gasteiger partial charge in [-0.05, 0) is 67.3 Å². The van der Waals surface area contributed by atoms with Gasteiger partial charge in [-0.1, -0.05) is 36.9 Å². The van der Waals surface area contributed by atoms with Crippen molar-refractivity contribution in [2.75, 3.05) is 10.3 Å². The molecule has 2 aliphatic rings. The van der Waals surface area contributed by atoms with Crippen LogP contribution < -0.4 is 10.3 Å². The van der Waals surface area contributed by atoms with Gasteiger partial charge in [-0.25, -0.2) is 4.79 Å². The van der Waals surface area contributed by atoms with Crippen LogP contribution in [0.1, 0.15) is 65.1 Å². The number of carbonyl (C=O) groups excluding carboxylic acids is 1. The fourth-order valence-electron chi connectivity index (χ4n) is 5.11. The second-order valence-electron chi connectivity index (χ2n) is 9.52. The number of halogens is 4. The Morgan fingerprint density at radius 1 is 1.05 bits per heavy atom. The number of nitrogens with one attached hydrogen (secondary N) is 1. The number of carboxylic acid groups (broad SMARTS) is 1. The predicted molar refractivity (Wildman–Crippen MR) is 141 cm³/mol. The Balaban J connectivity index is 1.57. The minimum Gasteiger partial charge on any atom is -0.505 e. The molecule has 3 aromatic rings. The van der Waals surface area contributed by atoms with E-state index < -0.39 is 23.6 Å². The van der Waals surface area contributed by atoms with Crippen LogP contribution in [0.4, 0.5) is 30.2 Å². The molecule has 11 heteroatoms. The molecule has 5 rings (SSSR count). The normalized spacial score (nSPS) is 17.0. The number of hydrogen-bond acceptors (Lipinski definition) is 5. The molecule has 0 radical (unpaired) electrons. The monoisotopic (exact) mass is 557 g/mol. The van der Waals surface area contributed by atoms with Crippen LogP contribution in [0.2, 0.25) is 5.02 Å². The summed E-state index contributed by atoms with van der Waals surface area (Å²) in [6.45, 7) is 0. The second-order valence-corrected chi connectivity index (χ2v) is 9.96. The molecule has 1 fully saturated rings. The highest BCUT2D eigenvalue weighted by Crippen LogP contribution is 2.43. The molecule has 1 saturated carbocycles. The molecule has 0 atom stereocenters. The van der Waals surface area contributed by atoms with Crippen molar-refractivity contribution in [2.45, 2.75) is 44.2 Å². The van der Waals surface area contributed by atoms with Gasteiger partial charge in [-0.3, -0.25) is 15.1 Å². The number of fused-ring (bicyclic) bond motifs is 1. The molecule has 1 aliphatic heterocycles. The number of aromatic hydroxyl groups is 1. The van der Waals surface area contributed by atoms with Gasteiger partial charge in [0.15, 0.2) is 5.71 Å². The van der Waals surface area contributed by atoms with E-state index in [9.17, 15) is 33.0 Å². The Bertz CT molecular complexity index is 1500. The van der Waals surface area contributed by atoms with Crippen molar-refractivity contribution in [3.63, 3.8) is 0 Å². The number of phenols is 1. The highest BCUT2D eigenvalue weighted by molar-refractivity contribution is 6.55. The predicted octanol–water partition coefficient (Wildman–Crippen LogP) is 7.30. The van der Waals surface area contributed by atoms with Gasteiger partial charge >= 0.3 is 12.1 Å². The smallest absolute Gasteiger partial charge is 0.416 e. The standard InChI is InChI=1S/C28H23ClF3N3O4/c29-18-13-21(15-5-2-1-3-6-15)25(36)22(14-18)33-34-24-20-10-9-17(28(30,31)32)12-23(20)35(26(24)37)19-8-4-7-16(11-19)27(38)39/h4,7-15,33,36H,1-3,5-6H2,(H,38,39)/b34-24-. The fourth-order valence-corrected chi connectivity index (χ4v) is 5.34. The summed E-state index contributed by atoms with van der Waals surface area (Å²) < 4.78 is 40.6. The summed E-state index contributed by atoms with van der Waals surface area (Å²) in [6, 6.07) is 11.3. The van der Waals surface area contributed by atoms with Crippen molar-refractivity contribution in [2.24, 2.45) is 5.10 Å². The van der Waals surface area contributed by atoms with E-state index in [1.807, 2.05) is 0 Å². The SMILES string of the molecule is O=C(O)c1cccc(N2C(=O)/C(=N\Nc3cc(Cl)cc(C4CCCCC4)c3O)c3ccc(C(F)(F)F)cc32)c1. The molecule has 39 heavy (non-hydrogen) atoms. The molecule has 0 bridgehead atoms. The molecule has 1 aliphatic carbocycles. The van der Waals surface area contributed by atoms with Crippen molar-refractivity contribution >= 4 is 46.3 Å². The maximum Gasteiger partial charge on any atom is 0.416 e. The second kappa shape index (κ2) is 10.3. The number of hydrogen-bond donors (Lipinski definition) is 3. The van der Waals surface area contributed by atoms with Gasteiger partial charge in [0.2, 0.25) is 0 Å². The van der Waals surface area contributed by atoms with Crippen LogP contribution in [0.5, 0.6) is 5.75 Å². The summed E-state index contributed by atoms with van der Waals surface area (Å²) in [5.41, 5.74) is 2.25. The van der Waals surface area contributed by atoms with Crippen LogP contribution in [-0.4, -0.2) is 27.8 Å². The summed E-state index contributed by atoms with van der Waals surface area (Å²) in [5.74, 6) is -1.96. The summed E-state index contributed by atoms with van der Waals surface area (Å²) in [6.07, 6.45) is 0.323. The van der Waals surface area contributed by atoms with Gasteiger partial charge < -0.3 is 10.2 Å². The van der Waals surface area contributed by atoms with E-state index in [0.717, 1.165) is 55.2 Å². The molecule has 7 nitrogen and oxygen atoms in total. The van der Waals surface area contributed by atoms with Crippen molar-refractivity contribution in [1.82, 2.24) is 0 Å². The van der Waals surface area contributed by atoms with Gasteiger partial charge in [-0.2, -0.15) is 18.3 Å². The summed E-state index contributed by atoms with van der Waals surface area (Å²) in [7, 11) is 0. The number of anilines is 3. The third-order valence-corrected chi connectivity index (χ3v) is 7.23. The Morgan fingerprint density at radius 3 is 2.49 bits per heavy atom. The van der Waals surface area contributed by atoms with E-state index in [0.29, 0.717) is 10.6 Å². The Hall–Kier alpha value is -4.05. The third-order valence-electron chi connectivity index (χ3n) is 7.02. The van der Waals surface area contributed by atoms with Gasteiger partial charge in [0.05, 0.1) is 28.2 Å². The van der Waals surface area contributed by atoms with Crippen molar-refractivity contribution in [3.05, 3.63) is 81.9 Å². The molecule has 1 heterocycles. The third kappa shape index (κ3) is 5.16. The Labute approximate surface area is 226 Å². The van der Waals surface area contributed by atoms with Crippen molar-refractivity contribution < 1.29 is 33.0 Å². The molecule has 1 amide bonds. The first-order valence-corrected chi connectivity index (χ1v) is 12.7. The summed E-state index contributed by atoms with van der Waals surface area (Å²) in [4.78, 5) is 26.0. The Kier molecular flexibility index (Phi) is 6.98. The van der Waals surface area contributed by atoms with E-state index in [1.165, 1.54) is 30.3 Å². The number of alkyl halides is 3.